The van der Waals surface area contributed by atoms with Gasteiger partial charge < -0.3 is 24.2 Å². The Morgan fingerprint density at radius 1 is 1.07 bits per heavy atom. The molecule has 0 bridgehead atoms. The van der Waals surface area contributed by atoms with Gasteiger partial charge in [0.15, 0.2) is 0 Å². The summed E-state index contributed by atoms with van der Waals surface area (Å²) in [5.74, 6) is 0.849. The first-order valence-corrected chi connectivity index (χ1v) is 15.2. The van der Waals surface area contributed by atoms with Crippen molar-refractivity contribution in [2.75, 3.05) is 82.0 Å². The summed E-state index contributed by atoms with van der Waals surface area (Å²) in [5.41, 5.74) is 4.39. The lowest BCUT2D eigenvalue weighted by atomic mass is 9.98. The lowest BCUT2D eigenvalue weighted by Gasteiger charge is -2.38. The van der Waals surface area contributed by atoms with Gasteiger partial charge in [0.1, 0.15) is 11.5 Å². The highest BCUT2D eigenvalue weighted by molar-refractivity contribution is 5.99. The lowest BCUT2D eigenvalue weighted by Crippen LogP contribution is -2.49. The number of hydrogen-bond donors (Lipinski definition) is 0. The van der Waals surface area contributed by atoms with Gasteiger partial charge in [-0.05, 0) is 42.5 Å². The Kier molecular flexibility index (Phi) is 8.80. The number of anilines is 2. The van der Waals surface area contributed by atoms with E-state index in [9.17, 15) is 9.70 Å². The Morgan fingerprint density at radius 3 is 2.63 bits per heavy atom. The predicted octanol–water partition coefficient (Wildman–Crippen LogP) is 3.83. The maximum atomic E-state index is 12.2. The molecule has 0 spiro atoms. The molecule has 0 unspecified atom stereocenters. The smallest absolute Gasteiger partial charge is 0.318 e. The third-order valence-electron chi connectivity index (χ3n) is 8.70. The molecule has 0 N–H and O–H groups in total. The quantitative estimate of drug-likeness (QED) is 0.211. The van der Waals surface area contributed by atoms with E-state index in [1.165, 1.54) is 6.08 Å². The predicted molar refractivity (Wildman–Crippen MR) is 167 cm³/mol. The number of fused-ring (bicyclic) bond motifs is 2. The van der Waals surface area contributed by atoms with Crippen molar-refractivity contribution in [1.29, 1.82) is 0 Å². The van der Waals surface area contributed by atoms with Crippen LogP contribution in [-0.2, 0) is 22.5 Å². The molecule has 2 aromatic carbocycles. The van der Waals surface area contributed by atoms with Crippen LogP contribution in [0.1, 0.15) is 23.2 Å². The first-order valence-electron chi connectivity index (χ1n) is 15.2. The van der Waals surface area contributed by atoms with Gasteiger partial charge in [-0.1, -0.05) is 30.8 Å². The number of aromatic nitrogens is 2. The van der Waals surface area contributed by atoms with Gasteiger partial charge in [-0.2, -0.15) is 9.97 Å². The van der Waals surface area contributed by atoms with Crippen LogP contribution in [0.5, 0.6) is 6.01 Å². The summed E-state index contributed by atoms with van der Waals surface area (Å²) in [5, 5.41) is 5.42. The number of ether oxygens (including phenoxy) is 2. The van der Waals surface area contributed by atoms with Crippen molar-refractivity contribution in [3.05, 3.63) is 64.7 Å². The highest BCUT2D eigenvalue weighted by Gasteiger charge is 2.30. The Labute approximate surface area is 252 Å². The van der Waals surface area contributed by atoms with Crippen molar-refractivity contribution in [2.45, 2.75) is 26.3 Å². The molecule has 3 aromatic rings. The molecule has 0 radical (unpaired) electrons. The Hall–Kier alpha value is -4.09. The minimum atomic E-state index is -0.0426. The van der Waals surface area contributed by atoms with E-state index < -0.39 is 0 Å². The fraction of sp³-hybridized carbons (Fsp3) is 0.469. The van der Waals surface area contributed by atoms with E-state index in [1.54, 1.807) is 0 Å². The average molecular weight is 586 g/mol. The highest BCUT2D eigenvalue weighted by Crippen LogP contribution is 2.40. The first-order chi connectivity index (χ1) is 21.1. The van der Waals surface area contributed by atoms with Crippen LogP contribution < -0.4 is 14.5 Å². The molecule has 4 heterocycles. The van der Waals surface area contributed by atoms with Crippen molar-refractivity contribution >= 4 is 33.9 Å². The SMILES string of the molecule is C=CC(=O)N1CCN(c2nc(OCCCN3CCOCC3)nc3c2CCN(c2c(C)c(N=O)cc4ccccc24)C3)CC1. The molecule has 2 fully saturated rings. The molecule has 226 valence electrons. The Balaban J connectivity index is 1.28. The zero-order chi connectivity index (χ0) is 29.8. The van der Waals surface area contributed by atoms with Crippen LogP contribution in [0, 0.1) is 11.8 Å². The molecular weight excluding hydrogens is 546 g/mol. The van der Waals surface area contributed by atoms with Gasteiger partial charge in [0.25, 0.3) is 0 Å². The number of hydrogen-bond acceptors (Lipinski definition) is 10. The molecule has 2 saturated heterocycles. The van der Waals surface area contributed by atoms with Gasteiger partial charge in [0.2, 0.25) is 5.91 Å². The summed E-state index contributed by atoms with van der Waals surface area (Å²) >= 11 is 0. The number of carbonyl (C=O) groups excluding carboxylic acids is 1. The molecule has 11 nitrogen and oxygen atoms in total. The second-order valence-electron chi connectivity index (χ2n) is 11.3. The monoisotopic (exact) mass is 585 g/mol. The number of nitroso groups, excluding NO2 is 1. The Bertz CT molecular complexity index is 1500. The fourth-order valence-electron chi connectivity index (χ4n) is 6.37. The van der Waals surface area contributed by atoms with Crippen molar-refractivity contribution in [1.82, 2.24) is 19.8 Å². The molecule has 0 aliphatic carbocycles. The second-order valence-corrected chi connectivity index (χ2v) is 11.3. The number of rotatable bonds is 9. The van der Waals surface area contributed by atoms with E-state index in [0.717, 1.165) is 91.3 Å². The van der Waals surface area contributed by atoms with Crippen LogP contribution in [0.15, 0.2) is 48.2 Å². The molecule has 43 heavy (non-hydrogen) atoms. The van der Waals surface area contributed by atoms with Gasteiger partial charge in [-0.15, -0.1) is 4.91 Å². The minimum absolute atomic E-state index is 0.0426. The van der Waals surface area contributed by atoms with E-state index in [1.807, 2.05) is 36.1 Å². The zero-order valence-electron chi connectivity index (χ0n) is 24.8. The van der Waals surface area contributed by atoms with E-state index in [-0.39, 0.29) is 5.91 Å². The molecule has 3 aliphatic heterocycles. The third kappa shape index (κ3) is 6.18. The van der Waals surface area contributed by atoms with E-state index in [0.29, 0.717) is 51.0 Å². The maximum Gasteiger partial charge on any atom is 0.318 e. The molecule has 0 saturated carbocycles. The van der Waals surface area contributed by atoms with E-state index in [4.69, 9.17) is 19.4 Å². The largest absolute Gasteiger partial charge is 0.463 e. The van der Waals surface area contributed by atoms with Crippen LogP contribution >= 0.6 is 0 Å². The summed E-state index contributed by atoms with van der Waals surface area (Å²) < 4.78 is 11.6. The fourth-order valence-corrected chi connectivity index (χ4v) is 6.37. The number of benzene rings is 2. The van der Waals surface area contributed by atoms with Crippen molar-refractivity contribution in [3.8, 4) is 6.01 Å². The summed E-state index contributed by atoms with van der Waals surface area (Å²) in [6.45, 7) is 14.4. The highest BCUT2D eigenvalue weighted by atomic mass is 16.5. The van der Waals surface area contributed by atoms with Gasteiger partial charge in [-0.25, -0.2) is 0 Å². The van der Waals surface area contributed by atoms with Gasteiger partial charge >= 0.3 is 6.01 Å². The molecule has 0 atom stereocenters. The van der Waals surface area contributed by atoms with Crippen molar-refractivity contribution in [2.24, 2.45) is 5.18 Å². The summed E-state index contributed by atoms with van der Waals surface area (Å²) in [7, 11) is 0. The normalized spacial score (nSPS) is 17.6. The van der Waals surface area contributed by atoms with Gasteiger partial charge in [-0.3, -0.25) is 9.69 Å². The van der Waals surface area contributed by atoms with E-state index in [2.05, 4.69) is 32.5 Å². The van der Waals surface area contributed by atoms with Crippen LogP contribution in [0.2, 0.25) is 0 Å². The Morgan fingerprint density at radius 2 is 1.86 bits per heavy atom. The zero-order valence-corrected chi connectivity index (χ0v) is 24.8. The molecular formula is C32H39N7O4. The van der Waals surface area contributed by atoms with E-state index >= 15 is 0 Å². The minimum Gasteiger partial charge on any atom is -0.463 e. The first kappa shape index (κ1) is 29.0. The number of morpholine rings is 1. The van der Waals surface area contributed by atoms with Crippen LogP contribution in [0.4, 0.5) is 17.2 Å². The van der Waals surface area contributed by atoms with Crippen LogP contribution in [-0.4, -0.2) is 97.9 Å². The summed E-state index contributed by atoms with van der Waals surface area (Å²) in [6.07, 6.45) is 3.00. The number of piperazine rings is 1. The molecule has 3 aliphatic rings. The maximum absolute atomic E-state index is 12.2. The standard InChI is InChI=1S/C32H39N7O4/c1-3-29(40)37-12-14-38(15-13-37)31-26-9-11-39(30-23(2)27(35-41)21-24-7-4-5-8-25(24)30)22-28(26)33-32(34-31)43-18-6-10-36-16-19-42-20-17-36/h3-5,7-8,21H,1,6,9-20,22H2,2H3. The molecule has 1 aromatic heterocycles. The lowest BCUT2D eigenvalue weighted by molar-refractivity contribution is -0.126. The summed E-state index contributed by atoms with van der Waals surface area (Å²) in [6, 6.07) is 10.4. The topological polar surface area (TPSA) is 104 Å². The molecule has 6 rings (SSSR count). The van der Waals surface area contributed by atoms with Crippen molar-refractivity contribution in [3.63, 3.8) is 0 Å². The third-order valence-corrected chi connectivity index (χ3v) is 8.70. The second kappa shape index (κ2) is 13.0. The van der Waals surface area contributed by atoms with Gasteiger partial charge in [0.05, 0.1) is 37.7 Å². The summed E-state index contributed by atoms with van der Waals surface area (Å²) in [4.78, 5) is 42.6. The number of carbonyl (C=O) groups is 1. The van der Waals surface area contributed by atoms with Crippen LogP contribution in [0.3, 0.4) is 0 Å². The van der Waals surface area contributed by atoms with Crippen LogP contribution in [0.25, 0.3) is 10.8 Å². The van der Waals surface area contributed by atoms with Crippen molar-refractivity contribution < 1.29 is 14.3 Å². The van der Waals surface area contributed by atoms with Gasteiger partial charge in [0, 0.05) is 68.9 Å². The number of nitrogens with zero attached hydrogens (tertiary/aromatic N) is 7. The molecule has 1 amide bonds. The molecule has 11 heteroatoms. The number of amides is 1. The average Bonchev–Trinajstić information content (AvgIpc) is 3.06.